The Bertz CT molecular complexity index is 869. The van der Waals surface area contributed by atoms with Crippen molar-refractivity contribution in [3.05, 3.63) is 63.4 Å². The van der Waals surface area contributed by atoms with Gasteiger partial charge >= 0.3 is 0 Å². The zero-order valence-electron chi connectivity index (χ0n) is 10.9. The van der Waals surface area contributed by atoms with E-state index in [1.165, 1.54) is 22.1 Å². The fourth-order valence-electron chi connectivity index (χ4n) is 2.16. The maximum atomic E-state index is 11.9. The summed E-state index contributed by atoms with van der Waals surface area (Å²) in [6, 6.07) is 10.7. The minimum atomic E-state index is -0.366. The van der Waals surface area contributed by atoms with Crippen LogP contribution in [0.5, 0.6) is 0 Å². The van der Waals surface area contributed by atoms with Gasteiger partial charge in [-0.2, -0.15) is 5.10 Å². The third-order valence-corrected chi connectivity index (χ3v) is 4.34. The Balaban J connectivity index is 2.18. The van der Waals surface area contributed by atoms with Gasteiger partial charge in [-0.15, -0.1) is 11.3 Å². The first-order valence-corrected chi connectivity index (χ1v) is 7.06. The number of rotatable bonds is 3. The first kappa shape index (κ1) is 13.5. The molecule has 21 heavy (non-hydrogen) atoms. The number of hydrogen-bond acceptors (Lipinski definition) is 5. The van der Waals surface area contributed by atoms with Gasteiger partial charge in [0, 0.05) is 22.5 Å². The molecule has 0 unspecified atom stereocenters. The predicted octanol–water partition coefficient (Wildman–Crippen LogP) is 1.11. The second kappa shape index (κ2) is 5.47. The van der Waals surface area contributed by atoms with Crippen molar-refractivity contribution in [3.8, 4) is 0 Å². The number of nitrogen functional groups attached to an aromatic ring is 1. The van der Waals surface area contributed by atoms with E-state index >= 15 is 0 Å². The summed E-state index contributed by atoms with van der Waals surface area (Å²) in [5.41, 5.74) is 2.68. The van der Waals surface area contributed by atoms with Crippen LogP contribution in [0, 0.1) is 0 Å². The smallest absolute Gasteiger partial charge is 0.275 e. The Labute approximate surface area is 123 Å². The SMILES string of the molecule is NNC(=O)c1sc2ccccc2c1Cn1ncccc1=O. The van der Waals surface area contributed by atoms with Crippen LogP contribution in [0.2, 0.25) is 0 Å². The molecule has 7 heteroatoms. The molecular weight excluding hydrogens is 288 g/mol. The normalized spacial score (nSPS) is 10.7. The largest absolute Gasteiger partial charge is 0.289 e. The van der Waals surface area contributed by atoms with Gasteiger partial charge in [0.25, 0.3) is 11.5 Å². The van der Waals surface area contributed by atoms with E-state index in [9.17, 15) is 9.59 Å². The van der Waals surface area contributed by atoms with E-state index in [0.29, 0.717) is 4.88 Å². The first-order chi connectivity index (χ1) is 10.2. The van der Waals surface area contributed by atoms with Gasteiger partial charge in [0.15, 0.2) is 0 Å². The molecule has 0 saturated carbocycles. The summed E-state index contributed by atoms with van der Waals surface area (Å²) in [6.07, 6.45) is 1.54. The molecule has 6 nitrogen and oxygen atoms in total. The molecule has 0 radical (unpaired) electrons. The molecule has 0 fully saturated rings. The van der Waals surface area contributed by atoms with E-state index in [1.54, 1.807) is 12.3 Å². The average Bonchev–Trinajstić information content (AvgIpc) is 2.88. The van der Waals surface area contributed by atoms with Crippen molar-refractivity contribution in [2.24, 2.45) is 5.84 Å². The summed E-state index contributed by atoms with van der Waals surface area (Å²) >= 11 is 1.35. The van der Waals surface area contributed by atoms with Gasteiger partial charge in [0.2, 0.25) is 0 Å². The lowest BCUT2D eigenvalue weighted by Crippen LogP contribution is -2.30. The standard InChI is InChI=1S/C14H12N4O2S/c15-17-14(20)13-10(8-18-12(19)6-3-7-16-18)9-4-1-2-5-11(9)21-13/h1-7H,8,15H2,(H,17,20). The highest BCUT2D eigenvalue weighted by molar-refractivity contribution is 7.21. The van der Waals surface area contributed by atoms with Crippen molar-refractivity contribution in [2.75, 3.05) is 0 Å². The summed E-state index contributed by atoms with van der Waals surface area (Å²) in [5.74, 6) is 4.88. The number of hydrazine groups is 1. The molecule has 0 aliphatic heterocycles. The summed E-state index contributed by atoms with van der Waals surface area (Å²) in [6.45, 7) is 0.229. The Morgan fingerprint density at radius 1 is 1.29 bits per heavy atom. The number of amides is 1. The number of carbonyl (C=O) groups excluding carboxylic acids is 1. The highest BCUT2D eigenvalue weighted by Gasteiger charge is 2.18. The van der Waals surface area contributed by atoms with Crippen LogP contribution in [0.1, 0.15) is 15.2 Å². The minimum absolute atomic E-state index is 0.216. The molecule has 0 atom stereocenters. The van der Waals surface area contributed by atoms with E-state index in [4.69, 9.17) is 5.84 Å². The highest BCUT2D eigenvalue weighted by atomic mass is 32.1. The minimum Gasteiger partial charge on any atom is -0.289 e. The van der Waals surface area contributed by atoms with Gasteiger partial charge in [-0.3, -0.25) is 15.0 Å². The Morgan fingerprint density at radius 3 is 2.86 bits per heavy atom. The molecule has 3 rings (SSSR count). The van der Waals surface area contributed by atoms with E-state index in [1.807, 2.05) is 24.3 Å². The van der Waals surface area contributed by atoms with Crippen molar-refractivity contribution >= 4 is 27.3 Å². The molecular formula is C14H12N4O2S. The molecule has 2 heterocycles. The molecule has 3 N–H and O–H groups in total. The van der Waals surface area contributed by atoms with Gasteiger partial charge in [0.05, 0.1) is 11.4 Å². The summed E-state index contributed by atoms with van der Waals surface area (Å²) in [5, 5.41) is 4.96. The van der Waals surface area contributed by atoms with Gasteiger partial charge in [-0.25, -0.2) is 10.5 Å². The lowest BCUT2D eigenvalue weighted by molar-refractivity contribution is 0.0957. The second-order valence-electron chi connectivity index (χ2n) is 4.40. The summed E-state index contributed by atoms with van der Waals surface area (Å²) in [7, 11) is 0. The molecule has 0 aliphatic rings. The average molecular weight is 300 g/mol. The second-order valence-corrected chi connectivity index (χ2v) is 5.45. The predicted molar refractivity (Wildman–Crippen MR) is 81.1 cm³/mol. The van der Waals surface area contributed by atoms with Crippen LogP contribution in [0.15, 0.2) is 47.4 Å². The number of aromatic nitrogens is 2. The molecule has 0 saturated heterocycles. The zero-order chi connectivity index (χ0) is 14.8. The van der Waals surface area contributed by atoms with E-state index in [2.05, 4.69) is 10.5 Å². The van der Waals surface area contributed by atoms with Crippen molar-refractivity contribution in [3.63, 3.8) is 0 Å². The van der Waals surface area contributed by atoms with Crippen LogP contribution < -0.4 is 16.8 Å². The molecule has 1 aromatic carbocycles. The number of nitrogens with two attached hydrogens (primary N) is 1. The fraction of sp³-hybridized carbons (Fsp3) is 0.0714. The van der Waals surface area contributed by atoms with E-state index < -0.39 is 0 Å². The van der Waals surface area contributed by atoms with Gasteiger partial charge < -0.3 is 0 Å². The number of carbonyl (C=O) groups is 1. The van der Waals surface area contributed by atoms with Crippen LogP contribution in [-0.4, -0.2) is 15.7 Å². The number of nitrogens with zero attached hydrogens (tertiary/aromatic N) is 2. The zero-order valence-corrected chi connectivity index (χ0v) is 11.8. The number of thiophene rings is 1. The van der Waals surface area contributed by atoms with Gasteiger partial charge in [-0.05, 0) is 17.5 Å². The summed E-state index contributed by atoms with van der Waals surface area (Å²) in [4.78, 5) is 24.3. The van der Waals surface area contributed by atoms with Gasteiger partial charge in [-0.1, -0.05) is 18.2 Å². The first-order valence-electron chi connectivity index (χ1n) is 6.24. The topological polar surface area (TPSA) is 90.0 Å². The molecule has 3 aromatic rings. The molecule has 0 spiro atoms. The fourth-order valence-corrected chi connectivity index (χ4v) is 3.28. The molecule has 106 valence electrons. The number of fused-ring (bicyclic) bond motifs is 1. The van der Waals surface area contributed by atoms with Crippen molar-refractivity contribution in [1.82, 2.24) is 15.2 Å². The molecule has 0 aliphatic carbocycles. The number of hydrogen-bond donors (Lipinski definition) is 2. The van der Waals surface area contributed by atoms with E-state index in [-0.39, 0.29) is 18.0 Å². The Kier molecular flexibility index (Phi) is 3.51. The highest BCUT2D eigenvalue weighted by Crippen LogP contribution is 2.31. The Hall–Kier alpha value is -2.51. The maximum Gasteiger partial charge on any atom is 0.275 e. The van der Waals surface area contributed by atoms with E-state index in [0.717, 1.165) is 15.6 Å². The Morgan fingerprint density at radius 2 is 2.10 bits per heavy atom. The maximum absolute atomic E-state index is 11.9. The molecule has 1 amide bonds. The monoisotopic (exact) mass is 300 g/mol. The lowest BCUT2D eigenvalue weighted by atomic mass is 10.1. The van der Waals surface area contributed by atoms with Crippen molar-refractivity contribution < 1.29 is 4.79 Å². The lowest BCUT2D eigenvalue weighted by Gasteiger charge is -2.05. The number of nitrogens with one attached hydrogen (secondary N) is 1. The molecule has 0 bridgehead atoms. The van der Waals surface area contributed by atoms with Crippen LogP contribution in [-0.2, 0) is 6.54 Å². The van der Waals surface area contributed by atoms with Gasteiger partial charge in [0.1, 0.15) is 0 Å². The summed E-state index contributed by atoms with van der Waals surface area (Å²) < 4.78 is 2.29. The van der Waals surface area contributed by atoms with Crippen molar-refractivity contribution in [1.29, 1.82) is 0 Å². The van der Waals surface area contributed by atoms with Crippen LogP contribution in [0.4, 0.5) is 0 Å². The quantitative estimate of drug-likeness (QED) is 0.431. The van der Waals surface area contributed by atoms with Crippen molar-refractivity contribution in [2.45, 2.75) is 6.54 Å². The third kappa shape index (κ3) is 2.44. The van der Waals surface area contributed by atoms with Crippen LogP contribution in [0.3, 0.4) is 0 Å². The van der Waals surface area contributed by atoms with Crippen LogP contribution in [0.25, 0.3) is 10.1 Å². The number of benzene rings is 1. The van der Waals surface area contributed by atoms with Crippen LogP contribution >= 0.6 is 11.3 Å². The third-order valence-electron chi connectivity index (χ3n) is 3.13. The molecule has 2 aromatic heterocycles.